The lowest BCUT2D eigenvalue weighted by molar-refractivity contribution is -0.0396. The van der Waals surface area contributed by atoms with E-state index in [0.717, 1.165) is 22.4 Å². The van der Waals surface area contributed by atoms with Crippen LogP contribution in [0, 0.1) is 25.2 Å². The molecule has 0 aliphatic heterocycles. The summed E-state index contributed by atoms with van der Waals surface area (Å²) < 4.78 is 10.4. The number of aromatic nitrogens is 1. The summed E-state index contributed by atoms with van der Waals surface area (Å²) >= 11 is 4.53. The highest BCUT2D eigenvalue weighted by Gasteiger charge is 2.17. The molecule has 1 aromatic carbocycles. The van der Waals surface area contributed by atoms with Crippen LogP contribution in [0.2, 0.25) is 0 Å². The number of methoxy groups -OCH3 is 1. The van der Waals surface area contributed by atoms with Crippen molar-refractivity contribution in [3.05, 3.63) is 46.6 Å². The molecule has 114 valence electrons. The summed E-state index contributed by atoms with van der Waals surface area (Å²) in [5.74, 6) is 0. The maximum absolute atomic E-state index is 9.30. The Bertz CT molecular complexity index is 723. The molecule has 0 amide bonds. The van der Waals surface area contributed by atoms with Crippen molar-refractivity contribution in [2.24, 2.45) is 0 Å². The predicted molar refractivity (Wildman–Crippen MR) is 87.8 cm³/mol. The van der Waals surface area contributed by atoms with Crippen LogP contribution in [-0.2, 0) is 16.1 Å². The summed E-state index contributed by atoms with van der Waals surface area (Å²) in [4.78, 5) is 5.22. The van der Waals surface area contributed by atoms with Crippen LogP contribution in [0.1, 0.15) is 22.4 Å². The molecule has 4 nitrogen and oxygen atoms in total. The number of nitriles is 1. The molecule has 0 atom stereocenters. The van der Waals surface area contributed by atoms with Gasteiger partial charge in [0.25, 0.3) is 0 Å². The number of hydrogen-bond acceptors (Lipinski definition) is 5. The molecule has 22 heavy (non-hydrogen) atoms. The first kappa shape index (κ1) is 16.5. The van der Waals surface area contributed by atoms with E-state index in [4.69, 9.17) is 9.47 Å². The lowest BCUT2D eigenvalue weighted by Gasteiger charge is -2.15. The molecule has 0 radical (unpaired) electrons. The van der Waals surface area contributed by atoms with Gasteiger partial charge in [0.15, 0.2) is 0 Å². The van der Waals surface area contributed by atoms with Gasteiger partial charge < -0.3 is 9.47 Å². The summed E-state index contributed by atoms with van der Waals surface area (Å²) in [6.45, 7) is 4.31. The molecule has 0 spiro atoms. The number of thiol groups is 1. The summed E-state index contributed by atoms with van der Waals surface area (Å²) in [5, 5.41) is 9.30. The smallest absolute Gasteiger partial charge is 0.146 e. The van der Waals surface area contributed by atoms with Gasteiger partial charge in [0.05, 0.1) is 23.6 Å². The maximum atomic E-state index is 9.30. The van der Waals surface area contributed by atoms with Crippen molar-refractivity contribution in [2.75, 3.05) is 13.9 Å². The van der Waals surface area contributed by atoms with E-state index in [1.807, 2.05) is 32.0 Å². The first-order valence-corrected chi connectivity index (χ1v) is 7.29. The van der Waals surface area contributed by atoms with E-state index >= 15 is 0 Å². The zero-order valence-electron chi connectivity index (χ0n) is 12.9. The fourth-order valence-electron chi connectivity index (χ4n) is 2.25. The summed E-state index contributed by atoms with van der Waals surface area (Å²) in [6, 6.07) is 10.2. The second kappa shape index (κ2) is 7.41. The van der Waals surface area contributed by atoms with Crippen molar-refractivity contribution in [3.8, 4) is 17.3 Å². The van der Waals surface area contributed by atoms with Crippen LogP contribution in [-0.4, -0.2) is 18.9 Å². The summed E-state index contributed by atoms with van der Waals surface area (Å²) in [7, 11) is 1.57. The molecule has 0 aliphatic carbocycles. The highest BCUT2D eigenvalue weighted by atomic mass is 32.1. The third kappa shape index (κ3) is 3.47. The lowest BCUT2D eigenvalue weighted by atomic mass is 10.0. The largest absolute Gasteiger partial charge is 0.359 e. The molecule has 2 rings (SSSR count). The van der Waals surface area contributed by atoms with Gasteiger partial charge in [-0.1, -0.05) is 23.8 Å². The Morgan fingerprint density at radius 2 is 2.09 bits per heavy atom. The van der Waals surface area contributed by atoms with Crippen LogP contribution in [0.25, 0.3) is 11.3 Å². The molecule has 0 bridgehead atoms. The van der Waals surface area contributed by atoms with Gasteiger partial charge in [-0.3, -0.25) is 4.98 Å². The normalized spacial score (nSPS) is 10.5. The van der Waals surface area contributed by atoms with Crippen molar-refractivity contribution < 1.29 is 9.47 Å². The maximum Gasteiger partial charge on any atom is 0.146 e. The fraction of sp³-hybridized carbons (Fsp3) is 0.294. The van der Waals surface area contributed by atoms with Crippen LogP contribution < -0.4 is 0 Å². The zero-order valence-corrected chi connectivity index (χ0v) is 13.8. The van der Waals surface area contributed by atoms with Crippen molar-refractivity contribution in [3.63, 3.8) is 0 Å². The van der Waals surface area contributed by atoms with Crippen LogP contribution in [0.4, 0.5) is 0 Å². The lowest BCUT2D eigenvalue weighted by Crippen LogP contribution is -2.05. The van der Waals surface area contributed by atoms with Crippen molar-refractivity contribution in [1.29, 1.82) is 5.26 Å². The average molecular weight is 314 g/mol. The fourth-order valence-corrected chi connectivity index (χ4v) is 2.64. The third-order valence-electron chi connectivity index (χ3n) is 3.30. The van der Waals surface area contributed by atoms with E-state index in [-0.39, 0.29) is 13.4 Å². The Balaban J connectivity index is 2.58. The van der Waals surface area contributed by atoms with Gasteiger partial charge in [0.2, 0.25) is 0 Å². The van der Waals surface area contributed by atoms with Gasteiger partial charge in [-0.05, 0) is 19.9 Å². The Kier molecular flexibility index (Phi) is 5.56. The molecule has 0 fully saturated rings. The van der Waals surface area contributed by atoms with E-state index in [1.54, 1.807) is 7.11 Å². The molecule has 2 aromatic rings. The van der Waals surface area contributed by atoms with Gasteiger partial charge >= 0.3 is 0 Å². The molecular weight excluding hydrogens is 296 g/mol. The topological polar surface area (TPSA) is 55.1 Å². The summed E-state index contributed by atoms with van der Waals surface area (Å²) in [5.41, 5.74) is 4.87. The Morgan fingerprint density at radius 3 is 2.73 bits per heavy atom. The molecule has 0 N–H and O–H groups in total. The second-order valence-corrected chi connectivity index (χ2v) is 5.43. The number of hydrogen-bond donors (Lipinski definition) is 1. The Labute approximate surface area is 136 Å². The highest BCUT2D eigenvalue weighted by molar-refractivity contribution is 7.80. The highest BCUT2D eigenvalue weighted by Crippen LogP contribution is 2.31. The molecule has 5 heteroatoms. The third-order valence-corrected chi connectivity index (χ3v) is 3.79. The average Bonchev–Trinajstić information content (AvgIpc) is 2.49. The van der Waals surface area contributed by atoms with Crippen LogP contribution in [0.15, 0.2) is 29.2 Å². The Hall–Kier alpha value is -1.87. The molecule has 0 aliphatic rings. The first-order chi connectivity index (χ1) is 10.6. The number of aryl methyl sites for hydroxylation is 2. The van der Waals surface area contributed by atoms with Crippen LogP contribution in [0.3, 0.4) is 0 Å². The van der Waals surface area contributed by atoms with Crippen molar-refractivity contribution in [2.45, 2.75) is 25.3 Å². The van der Waals surface area contributed by atoms with Crippen LogP contribution in [0.5, 0.6) is 0 Å². The van der Waals surface area contributed by atoms with Crippen LogP contribution >= 0.6 is 12.6 Å². The Morgan fingerprint density at radius 1 is 1.32 bits per heavy atom. The van der Waals surface area contributed by atoms with E-state index in [9.17, 15) is 5.26 Å². The quantitative estimate of drug-likeness (QED) is 0.520. The van der Waals surface area contributed by atoms with E-state index in [2.05, 4.69) is 29.7 Å². The minimum Gasteiger partial charge on any atom is -0.359 e. The van der Waals surface area contributed by atoms with Gasteiger partial charge in [0.1, 0.15) is 12.9 Å². The standard InChI is InChI=1S/C17H18N2O2S/c1-11-5-4-6-13(7-11)16-15(9-21-10-20-3)17(22)14(8-18)12(2)19-16/h4-7H,9-10H2,1-3H3,(H,19,22). The SMILES string of the molecule is COCOCc1c(-c2cccc(C)c2)nc(C)c(C#N)c1S. The molecule has 0 saturated carbocycles. The first-order valence-electron chi connectivity index (χ1n) is 6.84. The molecular formula is C17H18N2O2S. The number of pyridine rings is 1. The summed E-state index contributed by atoms with van der Waals surface area (Å²) in [6.07, 6.45) is 0. The number of benzene rings is 1. The van der Waals surface area contributed by atoms with Gasteiger partial charge in [-0.25, -0.2) is 0 Å². The second-order valence-electron chi connectivity index (χ2n) is 4.98. The van der Waals surface area contributed by atoms with Gasteiger partial charge in [-0.15, -0.1) is 12.6 Å². The van der Waals surface area contributed by atoms with E-state index < -0.39 is 0 Å². The zero-order chi connectivity index (χ0) is 16.1. The number of nitrogens with zero attached hydrogens (tertiary/aromatic N) is 2. The van der Waals surface area contributed by atoms with Gasteiger partial charge in [0, 0.05) is 23.1 Å². The van der Waals surface area contributed by atoms with E-state index in [0.29, 0.717) is 16.2 Å². The minimum atomic E-state index is 0.177. The molecule has 0 saturated heterocycles. The van der Waals surface area contributed by atoms with Crippen molar-refractivity contribution in [1.82, 2.24) is 4.98 Å². The minimum absolute atomic E-state index is 0.177. The predicted octanol–water partition coefficient (Wildman–Crippen LogP) is 3.65. The molecule has 1 heterocycles. The molecule has 0 unspecified atom stereocenters. The van der Waals surface area contributed by atoms with Crippen molar-refractivity contribution >= 4 is 12.6 Å². The monoisotopic (exact) mass is 314 g/mol. The molecule has 1 aromatic heterocycles. The number of rotatable bonds is 5. The van der Waals surface area contributed by atoms with E-state index in [1.165, 1.54) is 0 Å². The number of ether oxygens (including phenoxy) is 2. The van der Waals surface area contributed by atoms with Gasteiger partial charge in [-0.2, -0.15) is 5.26 Å².